The van der Waals surface area contributed by atoms with Crippen molar-refractivity contribution in [2.75, 3.05) is 0 Å². The summed E-state index contributed by atoms with van der Waals surface area (Å²) in [5.41, 5.74) is 1.94. The van der Waals surface area contributed by atoms with Gasteiger partial charge in [0.15, 0.2) is 0 Å². The highest BCUT2D eigenvalue weighted by Gasteiger charge is 1.96. The molecule has 0 heterocycles. The number of hydrogen-bond donors (Lipinski definition) is 1. The maximum absolute atomic E-state index is 10.2. The van der Waals surface area contributed by atoms with E-state index in [-0.39, 0.29) is 6.42 Å². The Balaban J connectivity index is 3.81. The standard InChI is InChI=1S/C9H14O2/c1-7(2)4-5-8(3)6-9(10)11/h5H,1,4,6H2,2-3H3,(H,10,11)/b8-5-. The van der Waals surface area contributed by atoms with E-state index in [0.717, 1.165) is 17.6 Å². The van der Waals surface area contributed by atoms with Crippen molar-refractivity contribution in [1.82, 2.24) is 0 Å². The molecule has 0 spiro atoms. The molecule has 0 unspecified atom stereocenters. The van der Waals surface area contributed by atoms with Crippen molar-refractivity contribution in [3.63, 3.8) is 0 Å². The Hall–Kier alpha value is -1.05. The second-order valence-corrected chi connectivity index (χ2v) is 2.78. The number of rotatable bonds is 4. The molecule has 2 heteroatoms. The van der Waals surface area contributed by atoms with E-state index in [4.69, 9.17) is 5.11 Å². The van der Waals surface area contributed by atoms with Crippen LogP contribution in [0.2, 0.25) is 0 Å². The molecular formula is C9H14O2. The van der Waals surface area contributed by atoms with Crippen LogP contribution < -0.4 is 0 Å². The van der Waals surface area contributed by atoms with Gasteiger partial charge in [0.1, 0.15) is 0 Å². The summed E-state index contributed by atoms with van der Waals surface area (Å²) in [7, 11) is 0. The lowest BCUT2D eigenvalue weighted by molar-refractivity contribution is -0.136. The molecule has 0 atom stereocenters. The molecular weight excluding hydrogens is 140 g/mol. The van der Waals surface area contributed by atoms with E-state index in [0.29, 0.717) is 0 Å². The van der Waals surface area contributed by atoms with Crippen molar-refractivity contribution in [2.45, 2.75) is 26.7 Å². The average Bonchev–Trinajstić information content (AvgIpc) is 1.82. The zero-order valence-electron chi connectivity index (χ0n) is 7.05. The van der Waals surface area contributed by atoms with Crippen LogP contribution in [0.3, 0.4) is 0 Å². The van der Waals surface area contributed by atoms with Gasteiger partial charge in [0.05, 0.1) is 6.42 Å². The molecule has 11 heavy (non-hydrogen) atoms. The SMILES string of the molecule is C=C(C)C/C=C(/C)CC(=O)O. The summed E-state index contributed by atoms with van der Waals surface area (Å²) in [4.78, 5) is 10.2. The summed E-state index contributed by atoms with van der Waals surface area (Å²) in [6.07, 6.45) is 2.81. The third-order valence-corrected chi connectivity index (χ3v) is 1.23. The van der Waals surface area contributed by atoms with E-state index >= 15 is 0 Å². The lowest BCUT2D eigenvalue weighted by Crippen LogP contribution is -1.94. The molecule has 0 aromatic rings. The molecule has 0 aliphatic rings. The molecule has 0 rings (SSSR count). The number of allylic oxidation sites excluding steroid dienone is 2. The highest BCUT2D eigenvalue weighted by atomic mass is 16.4. The molecule has 0 amide bonds. The van der Waals surface area contributed by atoms with Gasteiger partial charge in [-0.25, -0.2) is 0 Å². The normalized spacial score (nSPS) is 11.3. The molecule has 1 N–H and O–H groups in total. The van der Waals surface area contributed by atoms with Gasteiger partial charge >= 0.3 is 5.97 Å². The second-order valence-electron chi connectivity index (χ2n) is 2.78. The van der Waals surface area contributed by atoms with E-state index in [1.807, 2.05) is 19.9 Å². The van der Waals surface area contributed by atoms with Crippen LogP contribution in [0.1, 0.15) is 26.7 Å². The Morgan fingerprint density at radius 1 is 1.55 bits per heavy atom. The summed E-state index contributed by atoms with van der Waals surface area (Å²) < 4.78 is 0. The maximum atomic E-state index is 10.2. The van der Waals surface area contributed by atoms with Crippen molar-refractivity contribution < 1.29 is 9.90 Å². The monoisotopic (exact) mass is 154 g/mol. The molecule has 0 aromatic heterocycles. The highest BCUT2D eigenvalue weighted by Crippen LogP contribution is 2.04. The summed E-state index contributed by atoms with van der Waals surface area (Å²) in [5, 5.41) is 8.39. The molecule has 0 fully saturated rings. The van der Waals surface area contributed by atoms with Gasteiger partial charge in [-0.3, -0.25) is 4.79 Å². The van der Waals surface area contributed by atoms with Crippen molar-refractivity contribution in [1.29, 1.82) is 0 Å². The topological polar surface area (TPSA) is 37.3 Å². The van der Waals surface area contributed by atoms with Crippen molar-refractivity contribution in [3.8, 4) is 0 Å². The minimum atomic E-state index is -0.777. The summed E-state index contributed by atoms with van der Waals surface area (Å²) in [5.74, 6) is -0.777. The van der Waals surface area contributed by atoms with Gasteiger partial charge in [0.25, 0.3) is 0 Å². The van der Waals surface area contributed by atoms with Crippen molar-refractivity contribution >= 4 is 5.97 Å². The number of hydrogen-bond acceptors (Lipinski definition) is 1. The van der Waals surface area contributed by atoms with Crippen LogP contribution in [-0.2, 0) is 4.79 Å². The van der Waals surface area contributed by atoms with Crippen molar-refractivity contribution in [2.24, 2.45) is 0 Å². The van der Waals surface area contributed by atoms with Gasteiger partial charge in [-0.1, -0.05) is 23.8 Å². The first-order valence-electron chi connectivity index (χ1n) is 3.54. The Morgan fingerprint density at radius 2 is 2.09 bits per heavy atom. The fourth-order valence-corrected chi connectivity index (χ4v) is 0.659. The predicted octanol–water partition coefficient (Wildman–Crippen LogP) is 2.37. The number of carbonyl (C=O) groups is 1. The van der Waals surface area contributed by atoms with Crippen LogP contribution in [0.25, 0.3) is 0 Å². The van der Waals surface area contributed by atoms with E-state index in [1.165, 1.54) is 0 Å². The Morgan fingerprint density at radius 3 is 2.45 bits per heavy atom. The fraction of sp³-hybridized carbons (Fsp3) is 0.444. The number of carboxylic acid groups (broad SMARTS) is 1. The zero-order valence-corrected chi connectivity index (χ0v) is 7.05. The zero-order chi connectivity index (χ0) is 8.85. The molecule has 0 aromatic carbocycles. The van der Waals surface area contributed by atoms with Crippen LogP contribution in [-0.4, -0.2) is 11.1 Å². The first-order valence-corrected chi connectivity index (χ1v) is 3.54. The highest BCUT2D eigenvalue weighted by molar-refractivity contribution is 5.69. The van der Waals surface area contributed by atoms with Crippen LogP contribution in [0.5, 0.6) is 0 Å². The number of aliphatic carboxylic acids is 1. The summed E-state index contributed by atoms with van der Waals surface area (Å²) in [6, 6.07) is 0. The van der Waals surface area contributed by atoms with Crippen molar-refractivity contribution in [3.05, 3.63) is 23.8 Å². The first kappa shape index (κ1) is 9.95. The Bertz CT molecular complexity index is 190. The second kappa shape index (κ2) is 4.72. The van der Waals surface area contributed by atoms with Crippen LogP contribution in [0, 0.1) is 0 Å². The quantitative estimate of drug-likeness (QED) is 0.631. The molecule has 0 saturated heterocycles. The Kier molecular flexibility index (Phi) is 4.27. The van der Waals surface area contributed by atoms with Gasteiger partial charge in [-0.05, 0) is 20.3 Å². The minimum Gasteiger partial charge on any atom is -0.481 e. The molecule has 2 nitrogen and oxygen atoms in total. The van der Waals surface area contributed by atoms with Gasteiger partial charge < -0.3 is 5.11 Å². The summed E-state index contributed by atoms with van der Waals surface area (Å²) >= 11 is 0. The van der Waals surface area contributed by atoms with E-state index in [9.17, 15) is 4.79 Å². The lowest BCUT2D eigenvalue weighted by atomic mass is 10.1. The third kappa shape index (κ3) is 6.84. The molecule has 0 bridgehead atoms. The van der Waals surface area contributed by atoms with Gasteiger partial charge in [0.2, 0.25) is 0 Å². The van der Waals surface area contributed by atoms with E-state index in [2.05, 4.69) is 6.58 Å². The summed E-state index contributed by atoms with van der Waals surface area (Å²) in [6.45, 7) is 7.45. The lowest BCUT2D eigenvalue weighted by Gasteiger charge is -1.95. The Labute approximate surface area is 67.2 Å². The van der Waals surface area contributed by atoms with E-state index in [1.54, 1.807) is 0 Å². The van der Waals surface area contributed by atoms with Crippen LogP contribution in [0.15, 0.2) is 23.8 Å². The van der Waals surface area contributed by atoms with Crippen LogP contribution >= 0.6 is 0 Å². The smallest absolute Gasteiger partial charge is 0.307 e. The van der Waals surface area contributed by atoms with Crippen LogP contribution in [0.4, 0.5) is 0 Å². The van der Waals surface area contributed by atoms with Gasteiger partial charge in [0, 0.05) is 0 Å². The maximum Gasteiger partial charge on any atom is 0.307 e. The molecule has 62 valence electrons. The first-order chi connectivity index (χ1) is 5.02. The van der Waals surface area contributed by atoms with Gasteiger partial charge in [-0.2, -0.15) is 0 Å². The van der Waals surface area contributed by atoms with E-state index < -0.39 is 5.97 Å². The average molecular weight is 154 g/mol. The molecule has 0 aliphatic carbocycles. The fourth-order valence-electron chi connectivity index (χ4n) is 0.659. The predicted molar refractivity (Wildman–Crippen MR) is 45.4 cm³/mol. The van der Waals surface area contributed by atoms with Gasteiger partial charge in [-0.15, -0.1) is 0 Å². The molecule has 0 saturated carbocycles. The largest absolute Gasteiger partial charge is 0.481 e. The third-order valence-electron chi connectivity index (χ3n) is 1.23. The number of carboxylic acids is 1. The molecule has 0 radical (unpaired) electrons. The minimum absolute atomic E-state index is 0.132. The molecule has 0 aliphatic heterocycles.